The maximum Gasteiger partial charge on any atom is 0.0945 e. The molecule has 0 bridgehead atoms. The molecule has 4 nitrogen and oxygen atoms in total. The van der Waals surface area contributed by atoms with E-state index in [1.54, 1.807) is 0 Å². The Morgan fingerprint density at radius 1 is 1.27 bits per heavy atom. The molecule has 114 valence electrons. The number of aromatic amines is 1. The summed E-state index contributed by atoms with van der Waals surface area (Å²) in [7, 11) is 0. The van der Waals surface area contributed by atoms with E-state index in [0.717, 1.165) is 32.6 Å². The summed E-state index contributed by atoms with van der Waals surface area (Å²) in [5, 5.41) is 1.41. The molecule has 1 aliphatic rings. The maximum atomic E-state index is 4.10. The number of fused-ring (bicyclic) bond motifs is 3. The minimum atomic E-state index is 1.05. The molecule has 0 unspecified atom stereocenters. The van der Waals surface area contributed by atoms with Gasteiger partial charge in [-0.05, 0) is 31.0 Å². The summed E-state index contributed by atoms with van der Waals surface area (Å²) in [6.07, 6.45) is 8.09. The lowest BCUT2D eigenvalue weighted by Gasteiger charge is -2.27. The van der Waals surface area contributed by atoms with Crippen molar-refractivity contribution in [1.82, 2.24) is 19.4 Å². The molecule has 0 aliphatic carbocycles. The van der Waals surface area contributed by atoms with Gasteiger partial charge in [-0.3, -0.25) is 4.90 Å². The van der Waals surface area contributed by atoms with Crippen LogP contribution >= 0.6 is 0 Å². The van der Waals surface area contributed by atoms with Gasteiger partial charge in [0.25, 0.3) is 0 Å². The van der Waals surface area contributed by atoms with Gasteiger partial charge in [-0.1, -0.05) is 11.6 Å². The van der Waals surface area contributed by atoms with Crippen molar-refractivity contribution in [3.63, 3.8) is 0 Å². The Morgan fingerprint density at radius 3 is 3.09 bits per heavy atom. The van der Waals surface area contributed by atoms with E-state index in [9.17, 15) is 0 Å². The second-order valence-corrected chi connectivity index (χ2v) is 6.31. The first-order valence-electron chi connectivity index (χ1n) is 8.08. The smallest absolute Gasteiger partial charge is 0.0945 e. The molecule has 4 heteroatoms. The van der Waals surface area contributed by atoms with Gasteiger partial charge in [0.05, 0.1) is 6.33 Å². The highest BCUT2D eigenvalue weighted by atomic mass is 15.1. The number of H-pyrrole nitrogens is 1. The van der Waals surface area contributed by atoms with Crippen LogP contribution in [0.4, 0.5) is 0 Å². The molecular formula is C18H22N4. The fourth-order valence-electron chi connectivity index (χ4n) is 3.47. The molecule has 0 radical (unpaired) electrons. The highest BCUT2D eigenvalue weighted by Gasteiger charge is 2.20. The van der Waals surface area contributed by atoms with Gasteiger partial charge in [0, 0.05) is 61.6 Å². The zero-order valence-corrected chi connectivity index (χ0v) is 13.0. The van der Waals surface area contributed by atoms with E-state index in [1.807, 2.05) is 18.7 Å². The third-order valence-electron chi connectivity index (χ3n) is 4.66. The average molecular weight is 294 g/mol. The first-order valence-corrected chi connectivity index (χ1v) is 8.08. The molecule has 0 spiro atoms. The van der Waals surface area contributed by atoms with Crippen molar-refractivity contribution < 1.29 is 0 Å². The van der Waals surface area contributed by atoms with E-state index in [2.05, 4.69) is 44.6 Å². The van der Waals surface area contributed by atoms with Crippen LogP contribution in [0.15, 0.2) is 36.9 Å². The van der Waals surface area contributed by atoms with Gasteiger partial charge in [0.15, 0.2) is 0 Å². The minimum Gasteiger partial charge on any atom is -0.358 e. The number of aryl methyl sites for hydroxylation is 2. The minimum absolute atomic E-state index is 1.05. The number of rotatable bonds is 4. The van der Waals surface area contributed by atoms with E-state index in [0.29, 0.717) is 0 Å². The standard InChI is InChI=1S/C18H22N4/c1-14-3-4-17-15(11-14)16-12-21(9-5-18(16)20-17)7-2-8-22-10-6-19-13-22/h3-4,6,10-11,13,20H,2,5,7-9,12H2,1H3. The normalized spacial score (nSPS) is 15.3. The lowest BCUT2D eigenvalue weighted by atomic mass is 10.0. The van der Waals surface area contributed by atoms with Crippen LogP contribution in [0.2, 0.25) is 0 Å². The summed E-state index contributed by atoms with van der Waals surface area (Å²) in [4.78, 5) is 10.3. The van der Waals surface area contributed by atoms with Gasteiger partial charge in [-0.15, -0.1) is 0 Å². The lowest BCUT2D eigenvalue weighted by molar-refractivity contribution is 0.246. The fraction of sp³-hybridized carbons (Fsp3) is 0.389. The second kappa shape index (κ2) is 5.61. The summed E-state index contributed by atoms with van der Waals surface area (Å²) < 4.78 is 2.16. The number of imidazole rings is 1. The number of hydrogen-bond acceptors (Lipinski definition) is 2. The number of nitrogens with zero attached hydrogens (tertiary/aromatic N) is 3. The van der Waals surface area contributed by atoms with Gasteiger partial charge >= 0.3 is 0 Å². The molecule has 2 aromatic heterocycles. The molecule has 0 amide bonds. The topological polar surface area (TPSA) is 36.9 Å². The summed E-state index contributed by atoms with van der Waals surface area (Å²) in [6, 6.07) is 6.72. The van der Waals surface area contributed by atoms with Crippen molar-refractivity contribution in [3.05, 3.63) is 53.7 Å². The zero-order valence-electron chi connectivity index (χ0n) is 13.0. The number of benzene rings is 1. The third-order valence-corrected chi connectivity index (χ3v) is 4.66. The Morgan fingerprint density at radius 2 is 2.23 bits per heavy atom. The van der Waals surface area contributed by atoms with Crippen LogP contribution < -0.4 is 0 Å². The van der Waals surface area contributed by atoms with Crippen molar-refractivity contribution in [2.75, 3.05) is 13.1 Å². The van der Waals surface area contributed by atoms with Crippen LogP contribution in [-0.2, 0) is 19.5 Å². The zero-order chi connectivity index (χ0) is 14.9. The first kappa shape index (κ1) is 13.6. The monoisotopic (exact) mass is 294 g/mol. The van der Waals surface area contributed by atoms with Crippen molar-refractivity contribution in [1.29, 1.82) is 0 Å². The Kier molecular flexibility index (Phi) is 3.47. The molecule has 4 rings (SSSR count). The predicted molar refractivity (Wildman–Crippen MR) is 88.9 cm³/mol. The average Bonchev–Trinajstić information content (AvgIpc) is 3.15. The van der Waals surface area contributed by atoms with Crippen LogP contribution in [0.5, 0.6) is 0 Å². The van der Waals surface area contributed by atoms with Gasteiger partial charge in [-0.2, -0.15) is 0 Å². The molecule has 0 fully saturated rings. The number of nitrogens with one attached hydrogen (secondary N) is 1. The van der Waals surface area contributed by atoms with Crippen LogP contribution in [0.25, 0.3) is 10.9 Å². The van der Waals surface area contributed by atoms with Crippen LogP contribution in [0, 0.1) is 6.92 Å². The number of aromatic nitrogens is 3. The van der Waals surface area contributed by atoms with Crippen LogP contribution in [0.1, 0.15) is 23.2 Å². The molecule has 1 aromatic carbocycles. The van der Waals surface area contributed by atoms with E-state index < -0.39 is 0 Å². The van der Waals surface area contributed by atoms with Crippen molar-refractivity contribution >= 4 is 10.9 Å². The van der Waals surface area contributed by atoms with E-state index >= 15 is 0 Å². The van der Waals surface area contributed by atoms with Crippen molar-refractivity contribution in [2.45, 2.75) is 32.9 Å². The SMILES string of the molecule is Cc1ccc2[nH]c3c(c2c1)CN(CCCn1ccnc1)CC3. The molecule has 0 atom stereocenters. The molecular weight excluding hydrogens is 272 g/mol. The van der Waals surface area contributed by atoms with Crippen LogP contribution in [0.3, 0.4) is 0 Å². The summed E-state index contributed by atoms with van der Waals surface area (Å²) >= 11 is 0. The largest absolute Gasteiger partial charge is 0.358 e. The van der Waals surface area contributed by atoms with E-state index in [4.69, 9.17) is 0 Å². The van der Waals surface area contributed by atoms with E-state index in [-0.39, 0.29) is 0 Å². The maximum absolute atomic E-state index is 4.10. The van der Waals surface area contributed by atoms with E-state index in [1.165, 1.54) is 34.1 Å². The predicted octanol–water partition coefficient (Wildman–Crippen LogP) is 3.12. The van der Waals surface area contributed by atoms with Crippen molar-refractivity contribution in [3.8, 4) is 0 Å². The first-order chi connectivity index (χ1) is 10.8. The highest BCUT2D eigenvalue weighted by Crippen LogP contribution is 2.28. The molecule has 3 aromatic rings. The third kappa shape index (κ3) is 2.55. The Labute approximate surface area is 130 Å². The summed E-state index contributed by atoms with van der Waals surface area (Å²) in [6.45, 7) is 6.60. The van der Waals surface area contributed by atoms with Gasteiger partial charge < -0.3 is 9.55 Å². The Hall–Kier alpha value is -2.07. The Balaban J connectivity index is 1.46. The van der Waals surface area contributed by atoms with Gasteiger partial charge in [-0.25, -0.2) is 4.98 Å². The molecule has 1 N–H and O–H groups in total. The molecule has 22 heavy (non-hydrogen) atoms. The molecule has 0 saturated heterocycles. The quantitative estimate of drug-likeness (QED) is 0.802. The number of hydrogen-bond donors (Lipinski definition) is 1. The summed E-state index contributed by atoms with van der Waals surface area (Å²) in [5.74, 6) is 0. The molecule has 3 heterocycles. The second-order valence-electron chi connectivity index (χ2n) is 6.31. The Bertz CT molecular complexity index is 770. The summed E-state index contributed by atoms with van der Waals surface area (Å²) in [5.41, 5.74) is 5.57. The lowest BCUT2D eigenvalue weighted by Crippen LogP contribution is -2.31. The molecule has 1 aliphatic heterocycles. The van der Waals surface area contributed by atoms with Gasteiger partial charge in [0.2, 0.25) is 0 Å². The van der Waals surface area contributed by atoms with Crippen LogP contribution in [-0.4, -0.2) is 32.5 Å². The highest BCUT2D eigenvalue weighted by molar-refractivity contribution is 5.85. The molecule has 0 saturated carbocycles. The fourth-order valence-corrected chi connectivity index (χ4v) is 3.47. The van der Waals surface area contributed by atoms with Crippen molar-refractivity contribution in [2.24, 2.45) is 0 Å². The van der Waals surface area contributed by atoms with Gasteiger partial charge in [0.1, 0.15) is 0 Å².